The molecule has 1 N–H and O–H groups in total. The molecule has 1 atom stereocenters. The Bertz CT molecular complexity index is 609. The molecule has 8 nitrogen and oxygen atoms in total. The van der Waals surface area contributed by atoms with Crippen LogP contribution in [0.3, 0.4) is 0 Å². The Hall–Kier alpha value is -1.97. The second-order valence-electron chi connectivity index (χ2n) is 6.15. The predicted octanol–water partition coefficient (Wildman–Crippen LogP) is 0.345. The molecule has 0 saturated carbocycles. The summed E-state index contributed by atoms with van der Waals surface area (Å²) >= 11 is 1.59. The summed E-state index contributed by atoms with van der Waals surface area (Å²) in [5.74, 6) is 0.139. The zero-order valence-electron chi connectivity index (χ0n) is 14.4. The molecule has 138 valence electrons. The molecule has 2 saturated heterocycles. The molecule has 25 heavy (non-hydrogen) atoms. The van der Waals surface area contributed by atoms with Crippen LogP contribution < -0.4 is 4.90 Å². The van der Waals surface area contributed by atoms with E-state index in [0.29, 0.717) is 19.6 Å². The van der Waals surface area contributed by atoms with Crippen LogP contribution >= 0.6 is 11.3 Å². The molecular formula is C16H23N3O5S. The number of hydrogen-bond acceptors (Lipinski definition) is 6. The largest absolute Gasteiger partial charge is 0.483 e. The lowest BCUT2D eigenvalue weighted by atomic mass is 9.93. The fourth-order valence-electron chi connectivity index (χ4n) is 3.33. The van der Waals surface area contributed by atoms with Crippen molar-refractivity contribution in [1.82, 2.24) is 9.80 Å². The van der Waals surface area contributed by atoms with Gasteiger partial charge in [-0.25, -0.2) is 0 Å². The molecular weight excluding hydrogens is 346 g/mol. The lowest BCUT2D eigenvalue weighted by Gasteiger charge is -2.46. The molecule has 0 aromatic carbocycles. The van der Waals surface area contributed by atoms with E-state index in [2.05, 4.69) is 4.90 Å². The van der Waals surface area contributed by atoms with E-state index in [1.54, 1.807) is 11.3 Å². The molecule has 2 amide bonds. The Kier molecular flexibility index (Phi) is 6.51. The van der Waals surface area contributed by atoms with Gasteiger partial charge in [0, 0.05) is 32.1 Å². The minimum Gasteiger partial charge on any atom is -0.483 e. The molecule has 0 bridgehead atoms. The van der Waals surface area contributed by atoms with Gasteiger partial charge in [-0.2, -0.15) is 11.3 Å². The molecule has 1 unspecified atom stereocenters. The third-order valence-corrected chi connectivity index (χ3v) is 5.38. The van der Waals surface area contributed by atoms with Gasteiger partial charge >= 0.3 is 0 Å². The minimum absolute atomic E-state index is 0.0201. The number of nitrogens with zero attached hydrogens (tertiary/aromatic N) is 3. The second kappa shape index (κ2) is 8.41. The van der Waals surface area contributed by atoms with Gasteiger partial charge in [0.1, 0.15) is 6.61 Å². The lowest BCUT2D eigenvalue weighted by Crippen LogP contribution is -2.64. The lowest BCUT2D eigenvalue weighted by molar-refractivity contribution is -0.134. The average molecular weight is 369 g/mol. The highest BCUT2D eigenvalue weighted by molar-refractivity contribution is 7.08. The number of amides is 2. The van der Waals surface area contributed by atoms with Crippen LogP contribution in [-0.2, 0) is 19.1 Å². The summed E-state index contributed by atoms with van der Waals surface area (Å²) in [6.07, 6.45) is 0.882. The molecule has 2 aliphatic rings. The van der Waals surface area contributed by atoms with Gasteiger partial charge in [0.25, 0.3) is 6.47 Å². The van der Waals surface area contributed by atoms with E-state index in [-0.39, 0.29) is 30.4 Å². The number of ether oxygens (including phenoxy) is 1. The highest BCUT2D eigenvalue weighted by Crippen LogP contribution is 2.34. The first-order valence-electron chi connectivity index (χ1n) is 7.86. The van der Waals surface area contributed by atoms with E-state index in [9.17, 15) is 9.59 Å². The number of hydrogen-bond donors (Lipinski definition) is 1. The number of carbonyl (C=O) groups is 3. The van der Waals surface area contributed by atoms with E-state index < -0.39 is 0 Å². The van der Waals surface area contributed by atoms with Gasteiger partial charge in [0.2, 0.25) is 11.8 Å². The van der Waals surface area contributed by atoms with Crippen molar-refractivity contribution >= 4 is 35.3 Å². The number of methoxy groups -OCH3 is 1. The number of carbonyl (C=O) groups excluding carboxylic acids is 2. The van der Waals surface area contributed by atoms with Crippen LogP contribution in [0.2, 0.25) is 0 Å². The Morgan fingerprint density at radius 3 is 2.80 bits per heavy atom. The van der Waals surface area contributed by atoms with Crippen LogP contribution in [0.25, 0.3) is 0 Å². The third kappa shape index (κ3) is 4.17. The highest BCUT2D eigenvalue weighted by Gasteiger charge is 2.48. The maximum absolute atomic E-state index is 12.3. The van der Waals surface area contributed by atoms with Crippen molar-refractivity contribution in [2.24, 2.45) is 0 Å². The molecule has 1 spiro atoms. The minimum atomic E-state index is -0.250. The molecule has 2 aliphatic heterocycles. The van der Waals surface area contributed by atoms with Crippen molar-refractivity contribution in [2.45, 2.75) is 12.0 Å². The van der Waals surface area contributed by atoms with Gasteiger partial charge in [-0.1, -0.05) is 0 Å². The maximum atomic E-state index is 12.3. The van der Waals surface area contributed by atoms with Crippen LogP contribution in [-0.4, -0.2) is 85.7 Å². The number of likely N-dealkylation sites (N-methyl/N-ethyl adjacent to an activating group) is 1. The Labute approximate surface area is 150 Å². The summed E-state index contributed by atoms with van der Waals surface area (Å²) in [5, 5.41) is 10.9. The van der Waals surface area contributed by atoms with Crippen molar-refractivity contribution in [3.63, 3.8) is 0 Å². The average Bonchev–Trinajstić information content (AvgIpc) is 3.23. The van der Waals surface area contributed by atoms with Gasteiger partial charge in [-0.05, 0) is 24.9 Å². The fraction of sp³-hybridized carbons (Fsp3) is 0.562. The number of rotatable bonds is 3. The molecule has 1 aromatic rings. The Balaban J connectivity index is 0.000000701. The fourth-order valence-corrected chi connectivity index (χ4v) is 3.97. The number of piperazine rings is 1. The molecule has 9 heteroatoms. The molecule has 1 aromatic heterocycles. The van der Waals surface area contributed by atoms with Gasteiger partial charge < -0.3 is 19.6 Å². The zero-order valence-corrected chi connectivity index (χ0v) is 15.2. The summed E-state index contributed by atoms with van der Waals surface area (Å²) in [6, 6.07) is 1.98. The van der Waals surface area contributed by atoms with Crippen molar-refractivity contribution in [2.75, 3.05) is 51.8 Å². The number of carboxylic acid groups (broad SMARTS) is 1. The first-order chi connectivity index (χ1) is 12.0. The molecule has 0 radical (unpaired) electrons. The van der Waals surface area contributed by atoms with Crippen molar-refractivity contribution in [3.05, 3.63) is 16.8 Å². The van der Waals surface area contributed by atoms with E-state index in [1.165, 1.54) is 7.11 Å². The summed E-state index contributed by atoms with van der Waals surface area (Å²) in [7, 11) is 3.51. The van der Waals surface area contributed by atoms with Crippen molar-refractivity contribution in [3.8, 4) is 0 Å². The topological polar surface area (TPSA) is 90.4 Å². The summed E-state index contributed by atoms with van der Waals surface area (Å²) in [6.45, 7) is 2.27. The van der Waals surface area contributed by atoms with Crippen LogP contribution in [0.4, 0.5) is 5.69 Å². The third-order valence-electron chi connectivity index (χ3n) is 4.71. The van der Waals surface area contributed by atoms with E-state index in [1.807, 2.05) is 33.7 Å². The van der Waals surface area contributed by atoms with Crippen molar-refractivity contribution in [1.29, 1.82) is 0 Å². The van der Waals surface area contributed by atoms with Crippen LogP contribution in [0.15, 0.2) is 16.8 Å². The normalized spacial score (nSPS) is 23.5. The predicted molar refractivity (Wildman–Crippen MR) is 93.8 cm³/mol. The number of anilines is 1. The van der Waals surface area contributed by atoms with Gasteiger partial charge in [0.05, 0.1) is 17.8 Å². The number of likely N-dealkylation sites (tertiary alicyclic amines) is 1. The van der Waals surface area contributed by atoms with Crippen LogP contribution in [0.1, 0.15) is 6.42 Å². The number of thiophene rings is 1. The summed E-state index contributed by atoms with van der Waals surface area (Å²) in [4.78, 5) is 38.6. The van der Waals surface area contributed by atoms with E-state index >= 15 is 0 Å². The van der Waals surface area contributed by atoms with Gasteiger partial charge in [-0.3, -0.25) is 19.3 Å². The zero-order chi connectivity index (χ0) is 18.4. The van der Waals surface area contributed by atoms with Gasteiger partial charge in [0.15, 0.2) is 0 Å². The SMILES string of the molecule is COCC(=O)N1CCC2(C1)CN(c1ccsc1)C(=O)CN2C.O=CO. The van der Waals surface area contributed by atoms with Gasteiger partial charge in [-0.15, -0.1) is 0 Å². The first-order valence-corrected chi connectivity index (χ1v) is 8.80. The standard InChI is InChI=1S/C15H21N3O3S.CH2O2/c1-16-7-13(19)18(12-3-6-22-9-12)11-15(16)4-5-17(10-15)14(20)8-21-2;2-1-3/h3,6,9H,4-5,7-8,10-11H2,1-2H3;1H,(H,2,3). The van der Waals surface area contributed by atoms with Crippen molar-refractivity contribution < 1.29 is 24.2 Å². The quantitative estimate of drug-likeness (QED) is 0.773. The monoisotopic (exact) mass is 369 g/mol. The highest BCUT2D eigenvalue weighted by atomic mass is 32.1. The molecule has 2 fully saturated rings. The summed E-state index contributed by atoms with van der Waals surface area (Å²) in [5.41, 5.74) is 0.809. The van der Waals surface area contributed by atoms with E-state index in [0.717, 1.165) is 18.7 Å². The molecule has 3 heterocycles. The smallest absolute Gasteiger partial charge is 0.290 e. The molecule has 3 rings (SSSR count). The van der Waals surface area contributed by atoms with Crippen LogP contribution in [0.5, 0.6) is 0 Å². The van der Waals surface area contributed by atoms with E-state index in [4.69, 9.17) is 14.6 Å². The Morgan fingerprint density at radius 2 is 2.20 bits per heavy atom. The summed E-state index contributed by atoms with van der Waals surface area (Å²) < 4.78 is 4.95. The Morgan fingerprint density at radius 1 is 1.48 bits per heavy atom. The van der Waals surface area contributed by atoms with Crippen LogP contribution in [0, 0.1) is 0 Å². The molecule has 0 aliphatic carbocycles. The second-order valence-corrected chi connectivity index (χ2v) is 6.93. The first kappa shape index (κ1) is 19.4. The maximum Gasteiger partial charge on any atom is 0.290 e.